The van der Waals surface area contributed by atoms with Gasteiger partial charge in [-0.25, -0.2) is 0 Å². The molecule has 1 unspecified atom stereocenters. The monoisotopic (exact) mass is 299 g/mol. The molecule has 0 N–H and O–H groups in total. The van der Waals surface area contributed by atoms with Crippen LogP contribution in [0, 0.1) is 0 Å². The Morgan fingerprint density at radius 1 is 1.19 bits per heavy atom. The van der Waals surface area contributed by atoms with Crippen LogP contribution in [0.1, 0.15) is 16.4 Å². The van der Waals surface area contributed by atoms with Gasteiger partial charge in [-0.05, 0) is 23.8 Å². The van der Waals surface area contributed by atoms with Gasteiger partial charge >= 0.3 is 0 Å². The smallest absolute Gasteiger partial charge is 0.210 e. The normalized spacial score (nSPS) is 17.2. The Hall–Kier alpha value is -1.94. The molecule has 0 aromatic heterocycles. The fraction of sp³-hybridized carbons (Fsp3) is 0.235. The van der Waals surface area contributed by atoms with Crippen molar-refractivity contribution in [2.24, 2.45) is 0 Å². The second kappa shape index (κ2) is 6.22. The zero-order valence-electron chi connectivity index (χ0n) is 11.9. The Kier molecular flexibility index (Phi) is 4.15. The van der Waals surface area contributed by atoms with E-state index in [-0.39, 0.29) is 5.25 Å². The Morgan fingerprint density at radius 2 is 2.00 bits per heavy atom. The van der Waals surface area contributed by atoms with Crippen LogP contribution in [0.3, 0.4) is 0 Å². The number of nitrogens with zero attached hydrogens (tertiary/aromatic N) is 1. The van der Waals surface area contributed by atoms with Crippen molar-refractivity contribution in [2.75, 3.05) is 13.7 Å². The first-order valence-electron chi connectivity index (χ1n) is 6.88. The summed E-state index contributed by atoms with van der Waals surface area (Å²) in [4.78, 5) is 14.3. The van der Waals surface area contributed by atoms with Crippen molar-refractivity contribution in [1.82, 2.24) is 4.90 Å². The summed E-state index contributed by atoms with van der Waals surface area (Å²) in [7, 11) is 1.68. The minimum Gasteiger partial charge on any atom is -0.496 e. The fourth-order valence-electron chi connectivity index (χ4n) is 2.67. The highest BCUT2D eigenvalue weighted by Crippen LogP contribution is 2.42. The van der Waals surface area contributed by atoms with E-state index >= 15 is 0 Å². The summed E-state index contributed by atoms with van der Waals surface area (Å²) in [6.45, 7) is 1.35. The van der Waals surface area contributed by atoms with E-state index in [1.165, 1.54) is 10.5 Å². The summed E-state index contributed by atoms with van der Waals surface area (Å²) >= 11 is 1.79. The number of hydrogen-bond donors (Lipinski definition) is 0. The number of amides is 1. The molecule has 0 saturated heterocycles. The van der Waals surface area contributed by atoms with E-state index in [2.05, 4.69) is 18.2 Å². The average Bonchev–Trinajstić information content (AvgIpc) is 2.55. The maximum atomic E-state index is 11.2. The third kappa shape index (κ3) is 2.90. The average molecular weight is 299 g/mol. The van der Waals surface area contributed by atoms with Crippen molar-refractivity contribution >= 4 is 18.2 Å². The molecular formula is C17H17NO2S. The van der Waals surface area contributed by atoms with E-state index in [1.807, 2.05) is 35.2 Å². The molecule has 0 saturated carbocycles. The molecule has 3 rings (SSSR count). The Balaban J connectivity index is 1.96. The van der Waals surface area contributed by atoms with Crippen molar-refractivity contribution in [3.63, 3.8) is 0 Å². The molecule has 1 aliphatic rings. The molecule has 0 aliphatic carbocycles. The zero-order chi connectivity index (χ0) is 14.7. The largest absolute Gasteiger partial charge is 0.496 e. The standard InChI is InChI=1S/C17H17NO2S/c1-20-16-9-5-8-14-15(16)10-18(12-19)11-17(14)21-13-6-3-2-4-7-13/h2-9,12,17H,10-11H2,1H3. The van der Waals surface area contributed by atoms with Crippen LogP contribution >= 0.6 is 11.8 Å². The summed E-state index contributed by atoms with van der Waals surface area (Å²) < 4.78 is 5.45. The van der Waals surface area contributed by atoms with Gasteiger partial charge in [0.25, 0.3) is 0 Å². The Labute approximate surface area is 128 Å². The van der Waals surface area contributed by atoms with Crippen LogP contribution in [0.5, 0.6) is 5.75 Å². The lowest BCUT2D eigenvalue weighted by Gasteiger charge is -2.32. The highest BCUT2D eigenvalue weighted by Gasteiger charge is 2.27. The Morgan fingerprint density at radius 3 is 2.71 bits per heavy atom. The van der Waals surface area contributed by atoms with Crippen molar-refractivity contribution in [3.8, 4) is 5.75 Å². The van der Waals surface area contributed by atoms with Gasteiger partial charge in [0, 0.05) is 23.5 Å². The molecule has 1 amide bonds. The number of fused-ring (bicyclic) bond motifs is 1. The van der Waals surface area contributed by atoms with Crippen molar-refractivity contribution < 1.29 is 9.53 Å². The molecule has 0 bridgehead atoms. The number of benzene rings is 2. The summed E-state index contributed by atoms with van der Waals surface area (Å²) in [5.41, 5.74) is 2.38. The van der Waals surface area contributed by atoms with Crippen molar-refractivity contribution in [1.29, 1.82) is 0 Å². The van der Waals surface area contributed by atoms with E-state index in [0.717, 1.165) is 24.3 Å². The van der Waals surface area contributed by atoms with Crippen molar-refractivity contribution in [2.45, 2.75) is 16.7 Å². The molecule has 0 spiro atoms. The molecule has 2 aromatic rings. The van der Waals surface area contributed by atoms with Crippen LogP contribution in [0.4, 0.5) is 0 Å². The van der Waals surface area contributed by atoms with Gasteiger partial charge in [-0.2, -0.15) is 0 Å². The van der Waals surface area contributed by atoms with Crippen molar-refractivity contribution in [3.05, 3.63) is 59.7 Å². The molecule has 21 heavy (non-hydrogen) atoms. The molecular weight excluding hydrogens is 282 g/mol. The van der Waals surface area contributed by atoms with Crippen LogP contribution in [-0.4, -0.2) is 25.0 Å². The lowest BCUT2D eigenvalue weighted by molar-refractivity contribution is -0.118. The SMILES string of the molecule is COc1cccc2c1CN(C=O)CC2Sc1ccccc1. The number of carbonyl (C=O) groups is 1. The highest BCUT2D eigenvalue weighted by molar-refractivity contribution is 7.99. The van der Waals surface area contributed by atoms with Crippen LogP contribution in [0.2, 0.25) is 0 Å². The van der Waals surface area contributed by atoms with Crippen LogP contribution in [0.25, 0.3) is 0 Å². The molecule has 4 heteroatoms. The van der Waals surface area contributed by atoms with E-state index < -0.39 is 0 Å². The van der Waals surface area contributed by atoms with E-state index in [4.69, 9.17) is 4.74 Å². The first-order chi connectivity index (χ1) is 10.3. The molecule has 1 aliphatic heterocycles. The molecule has 108 valence electrons. The highest BCUT2D eigenvalue weighted by atomic mass is 32.2. The predicted molar refractivity (Wildman–Crippen MR) is 84.5 cm³/mol. The quantitative estimate of drug-likeness (QED) is 0.809. The number of methoxy groups -OCH3 is 1. The molecule has 1 atom stereocenters. The third-order valence-electron chi connectivity index (χ3n) is 3.67. The molecule has 0 fully saturated rings. The fourth-order valence-corrected chi connectivity index (χ4v) is 3.92. The first kappa shape index (κ1) is 14.0. The van der Waals surface area contributed by atoms with Gasteiger partial charge in [-0.3, -0.25) is 4.79 Å². The van der Waals surface area contributed by atoms with Gasteiger partial charge in [-0.15, -0.1) is 11.8 Å². The second-order valence-corrected chi connectivity index (χ2v) is 6.26. The maximum Gasteiger partial charge on any atom is 0.210 e. The maximum absolute atomic E-state index is 11.2. The number of hydrogen-bond acceptors (Lipinski definition) is 3. The number of carbonyl (C=O) groups excluding carboxylic acids is 1. The molecule has 2 aromatic carbocycles. The van der Waals surface area contributed by atoms with Gasteiger partial charge in [0.05, 0.1) is 12.4 Å². The van der Waals surface area contributed by atoms with Crippen LogP contribution in [0.15, 0.2) is 53.4 Å². The summed E-state index contributed by atoms with van der Waals surface area (Å²) in [6, 6.07) is 16.4. The minimum atomic E-state index is 0.233. The summed E-state index contributed by atoms with van der Waals surface area (Å²) in [5, 5.41) is 0.233. The van der Waals surface area contributed by atoms with Gasteiger partial charge in [0.15, 0.2) is 0 Å². The molecule has 1 heterocycles. The summed E-state index contributed by atoms with van der Waals surface area (Å²) in [5.74, 6) is 0.859. The lowest BCUT2D eigenvalue weighted by Crippen LogP contribution is -2.31. The van der Waals surface area contributed by atoms with Crippen LogP contribution < -0.4 is 4.74 Å². The summed E-state index contributed by atoms with van der Waals surface area (Å²) in [6.07, 6.45) is 0.925. The number of thioether (sulfide) groups is 1. The second-order valence-electron chi connectivity index (χ2n) is 4.98. The van der Waals surface area contributed by atoms with E-state index in [1.54, 1.807) is 18.9 Å². The molecule has 0 radical (unpaired) electrons. The Bertz CT molecular complexity index is 630. The van der Waals surface area contributed by atoms with E-state index in [9.17, 15) is 4.79 Å². The zero-order valence-corrected chi connectivity index (χ0v) is 12.7. The molecule has 3 nitrogen and oxygen atoms in total. The minimum absolute atomic E-state index is 0.233. The topological polar surface area (TPSA) is 29.5 Å². The van der Waals surface area contributed by atoms with Gasteiger partial charge in [0.2, 0.25) is 6.41 Å². The van der Waals surface area contributed by atoms with Gasteiger partial charge < -0.3 is 9.64 Å². The van der Waals surface area contributed by atoms with Crippen LogP contribution in [-0.2, 0) is 11.3 Å². The number of rotatable bonds is 4. The van der Waals surface area contributed by atoms with Gasteiger partial charge in [-0.1, -0.05) is 30.3 Å². The number of ether oxygens (including phenoxy) is 1. The lowest BCUT2D eigenvalue weighted by atomic mass is 9.99. The van der Waals surface area contributed by atoms with Gasteiger partial charge in [0.1, 0.15) is 5.75 Å². The first-order valence-corrected chi connectivity index (χ1v) is 7.76. The third-order valence-corrected chi connectivity index (χ3v) is 4.90. The predicted octanol–water partition coefficient (Wildman–Crippen LogP) is 3.50. The van der Waals surface area contributed by atoms with E-state index in [0.29, 0.717) is 6.54 Å².